The van der Waals surface area contributed by atoms with Crippen LogP contribution in [0.1, 0.15) is 53.1 Å². The Labute approximate surface area is 265 Å². The maximum Gasteiger partial charge on any atom is 0.482 e. The average Bonchev–Trinajstić information content (AvgIpc) is 3.74. The van der Waals surface area contributed by atoms with Crippen molar-refractivity contribution < 1.29 is 27.5 Å². The number of primary amides is 1. The third kappa shape index (κ3) is 5.32. The Morgan fingerprint density at radius 2 is 1.89 bits per heavy atom. The van der Waals surface area contributed by atoms with Crippen LogP contribution in [0.15, 0.2) is 67.1 Å². The number of carbonyl (C=O) groups excluding carboxylic acids is 2. The van der Waals surface area contributed by atoms with Gasteiger partial charge in [-0.3, -0.25) is 19.5 Å². The third-order valence-corrected chi connectivity index (χ3v) is 8.58. The van der Waals surface area contributed by atoms with E-state index in [1.54, 1.807) is 30.6 Å². The van der Waals surface area contributed by atoms with Gasteiger partial charge in [0.1, 0.15) is 11.3 Å². The summed E-state index contributed by atoms with van der Waals surface area (Å²) in [4.78, 5) is 40.4. The molecule has 2 aromatic carbocycles. The highest BCUT2D eigenvalue weighted by atomic mass is 35.5. The number of fused-ring (bicyclic) bond motifs is 2. The van der Waals surface area contributed by atoms with E-state index in [1.807, 2.05) is 11.5 Å². The van der Waals surface area contributed by atoms with Gasteiger partial charge in [-0.2, -0.15) is 8.78 Å². The number of anilines is 1. The first kappa shape index (κ1) is 29.7. The Hall–Kier alpha value is -4.97. The van der Waals surface area contributed by atoms with Gasteiger partial charge in [0.25, 0.3) is 5.91 Å². The van der Waals surface area contributed by atoms with E-state index in [0.717, 1.165) is 23.3 Å². The molecule has 0 spiro atoms. The second-order valence-corrected chi connectivity index (χ2v) is 12.0. The van der Waals surface area contributed by atoms with Gasteiger partial charge in [-0.05, 0) is 79.6 Å². The number of nitrogens with two attached hydrogens (primary N) is 1. The first-order valence-electron chi connectivity index (χ1n) is 14.6. The number of halogens is 4. The lowest BCUT2D eigenvalue weighted by molar-refractivity contribution is -0.193. The molecule has 9 nitrogen and oxygen atoms in total. The summed E-state index contributed by atoms with van der Waals surface area (Å²) in [7, 11) is 0. The van der Waals surface area contributed by atoms with E-state index in [9.17, 15) is 14.0 Å². The maximum absolute atomic E-state index is 15.0. The molecule has 5 aromatic rings. The Kier molecular flexibility index (Phi) is 7.19. The van der Waals surface area contributed by atoms with Gasteiger partial charge in [-0.15, -0.1) is 0 Å². The number of hydrogen-bond acceptors (Lipinski definition) is 6. The normalized spacial score (nSPS) is 16.3. The van der Waals surface area contributed by atoms with Crippen molar-refractivity contribution in [3.63, 3.8) is 0 Å². The van der Waals surface area contributed by atoms with Crippen LogP contribution >= 0.6 is 11.6 Å². The fraction of sp³-hybridized carbons (Fsp3) is 0.242. The van der Waals surface area contributed by atoms with Gasteiger partial charge in [0.2, 0.25) is 0 Å². The molecular formula is C33H26ClF3N6O3. The van der Waals surface area contributed by atoms with Crippen molar-refractivity contribution in [2.24, 2.45) is 11.7 Å². The molecule has 1 fully saturated rings. The summed E-state index contributed by atoms with van der Waals surface area (Å²) in [5, 5.41) is 0.358. The van der Waals surface area contributed by atoms with Crippen LogP contribution < -0.4 is 15.4 Å². The minimum atomic E-state index is -4.17. The topological polar surface area (TPSA) is 116 Å². The van der Waals surface area contributed by atoms with Crippen LogP contribution in [0.25, 0.3) is 22.3 Å². The van der Waals surface area contributed by atoms with E-state index in [4.69, 9.17) is 27.1 Å². The molecule has 1 atom stereocenters. The van der Waals surface area contributed by atoms with Gasteiger partial charge in [-0.25, -0.2) is 14.4 Å². The van der Waals surface area contributed by atoms with E-state index in [2.05, 4.69) is 9.97 Å². The molecule has 2 N–H and O–H groups in total. The monoisotopic (exact) mass is 646 g/mol. The predicted molar refractivity (Wildman–Crippen MR) is 164 cm³/mol. The molecule has 1 aliphatic carbocycles. The molecule has 7 rings (SSSR count). The van der Waals surface area contributed by atoms with Gasteiger partial charge in [0.15, 0.2) is 11.4 Å². The molecule has 1 aliphatic heterocycles. The number of nitrogens with zero attached hydrogens (tertiary/aromatic N) is 5. The highest BCUT2D eigenvalue weighted by Gasteiger charge is 2.50. The van der Waals surface area contributed by atoms with Gasteiger partial charge < -0.3 is 15.0 Å². The second-order valence-electron chi connectivity index (χ2n) is 11.5. The van der Waals surface area contributed by atoms with Crippen LogP contribution in [0.2, 0.25) is 5.02 Å². The summed E-state index contributed by atoms with van der Waals surface area (Å²) in [5.74, 6) is -2.60. The molecule has 3 aromatic heterocycles. The number of hydrogen-bond donors (Lipinski definition) is 1. The zero-order valence-electron chi connectivity index (χ0n) is 24.4. The van der Waals surface area contributed by atoms with Crippen molar-refractivity contribution in [3.8, 4) is 16.9 Å². The summed E-state index contributed by atoms with van der Waals surface area (Å²) in [6.07, 6.45) is 1.22. The van der Waals surface area contributed by atoms with Gasteiger partial charge in [0, 0.05) is 11.8 Å². The molecule has 2 amide bonds. The van der Waals surface area contributed by atoms with Crippen molar-refractivity contribution in [1.82, 2.24) is 19.5 Å². The molecule has 4 heterocycles. The zero-order chi connectivity index (χ0) is 32.3. The van der Waals surface area contributed by atoms with Crippen LogP contribution in [-0.4, -0.2) is 37.4 Å². The Morgan fingerprint density at radius 1 is 1.13 bits per heavy atom. The predicted octanol–water partition coefficient (Wildman–Crippen LogP) is 6.46. The number of ether oxygens (including phenoxy) is 1. The van der Waals surface area contributed by atoms with E-state index in [1.165, 1.54) is 36.5 Å². The Bertz CT molecular complexity index is 2010. The van der Waals surface area contributed by atoms with Crippen molar-refractivity contribution >= 4 is 40.3 Å². The smallest absolute Gasteiger partial charge is 0.423 e. The molecule has 0 saturated heterocycles. The first-order chi connectivity index (χ1) is 22.0. The number of amides is 2. The fourth-order valence-electron chi connectivity index (χ4n) is 5.80. The lowest BCUT2D eigenvalue weighted by atomic mass is 9.94. The number of imidazole rings is 1. The van der Waals surface area contributed by atoms with Crippen LogP contribution in [0.3, 0.4) is 0 Å². The molecule has 234 valence electrons. The summed E-state index contributed by atoms with van der Waals surface area (Å²) in [6, 6.07) is 13.3. The average molecular weight is 647 g/mol. The second kappa shape index (κ2) is 11.1. The molecule has 46 heavy (non-hydrogen) atoms. The third-order valence-electron chi connectivity index (χ3n) is 8.36. The van der Waals surface area contributed by atoms with Gasteiger partial charge in [-0.1, -0.05) is 29.8 Å². The maximum atomic E-state index is 15.0. The van der Waals surface area contributed by atoms with Crippen LogP contribution in [-0.2, 0) is 17.8 Å². The number of rotatable bonds is 8. The van der Waals surface area contributed by atoms with Crippen molar-refractivity contribution in [2.45, 2.75) is 44.9 Å². The number of benzene rings is 2. The summed E-state index contributed by atoms with van der Waals surface area (Å²) in [6.45, 7) is 1.65. The molecule has 0 bridgehead atoms. The largest absolute Gasteiger partial charge is 0.482 e. The molecular weight excluding hydrogens is 621 g/mol. The van der Waals surface area contributed by atoms with Crippen molar-refractivity contribution in [2.75, 3.05) is 4.90 Å². The van der Waals surface area contributed by atoms with E-state index in [-0.39, 0.29) is 35.4 Å². The molecule has 13 heteroatoms. The highest BCUT2D eigenvalue weighted by Crippen LogP contribution is 2.45. The van der Waals surface area contributed by atoms with Gasteiger partial charge in [0.05, 0.1) is 46.6 Å². The van der Waals surface area contributed by atoms with Gasteiger partial charge >= 0.3 is 12.0 Å². The summed E-state index contributed by atoms with van der Waals surface area (Å²) in [5.41, 5.74) is 9.21. The van der Waals surface area contributed by atoms with E-state index >= 15 is 8.78 Å². The quantitative estimate of drug-likeness (QED) is 0.207. The van der Waals surface area contributed by atoms with E-state index < -0.39 is 17.9 Å². The lowest BCUT2D eigenvalue weighted by Gasteiger charge is -2.33. The minimum Gasteiger partial charge on any atom is -0.423 e. The Balaban J connectivity index is 1.39. The standard InChI is InChI=1S/C33H26ClF3N6O3/c1-17(19-4-8-22(35)9-5-19)43-16-40-29-27(28(30(38)44)24(41-31(29)43)12-18-2-3-18)20-6-11-25-26(13-20)46-33(36,37)32(45)42(25)15-23-10-7-21(34)14-39-23/h4-11,13-14,16-18H,2-3,12,15H2,1H3,(H2,38,44)/t17-/m0/s1. The van der Waals surface area contributed by atoms with Crippen molar-refractivity contribution in [1.29, 1.82) is 0 Å². The van der Waals surface area contributed by atoms with Crippen molar-refractivity contribution in [3.05, 3.63) is 100 Å². The zero-order valence-corrected chi connectivity index (χ0v) is 25.1. The minimum absolute atomic E-state index is 0.0935. The Morgan fingerprint density at radius 3 is 2.57 bits per heavy atom. The molecule has 0 unspecified atom stereocenters. The summed E-state index contributed by atoms with van der Waals surface area (Å²) < 4.78 is 50.4. The first-order valence-corrected chi connectivity index (χ1v) is 15.0. The number of pyridine rings is 2. The van der Waals surface area contributed by atoms with Crippen LogP contribution in [0.4, 0.5) is 18.9 Å². The fourth-order valence-corrected chi connectivity index (χ4v) is 5.92. The molecule has 2 aliphatic rings. The highest BCUT2D eigenvalue weighted by molar-refractivity contribution is 6.30. The van der Waals surface area contributed by atoms with Crippen LogP contribution in [0, 0.1) is 11.7 Å². The summed E-state index contributed by atoms with van der Waals surface area (Å²) >= 11 is 5.92. The molecule has 1 saturated carbocycles. The number of carbonyl (C=O) groups is 2. The number of alkyl halides is 2. The lowest BCUT2D eigenvalue weighted by Crippen LogP contribution is -2.50. The SMILES string of the molecule is C[C@@H](c1ccc(F)cc1)n1cnc2c(-c3ccc4c(c3)OC(F)(F)C(=O)N4Cc3ccc(Cl)cn3)c(C(N)=O)c(CC3CC3)nc21. The van der Waals surface area contributed by atoms with Crippen LogP contribution in [0.5, 0.6) is 5.75 Å². The van der Waals surface area contributed by atoms with E-state index in [0.29, 0.717) is 51.0 Å². The number of aromatic nitrogens is 4. The molecule has 0 radical (unpaired) electrons.